The molecule has 0 aliphatic rings. The average Bonchev–Trinajstić information content (AvgIpc) is 3.15. The van der Waals surface area contributed by atoms with E-state index in [-0.39, 0.29) is 36.9 Å². The Balaban J connectivity index is 1.30. The molecule has 3 aromatic carbocycles. The van der Waals surface area contributed by atoms with E-state index >= 15 is 0 Å². The number of hydrogen-bond acceptors (Lipinski definition) is 12. The van der Waals surface area contributed by atoms with Crippen LogP contribution >= 0.6 is 7.60 Å². The molecule has 0 aliphatic carbocycles. The second kappa shape index (κ2) is 23.4. The van der Waals surface area contributed by atoms with Crippen LogP contribution in [0.2, 0.25) is 0 Å². The van der Waals surface area contributed by atoms with Gasteiger partial charge in [0, 0.05) is 56.5 Å². The molecule has 0 aliphatic heterocycles. The molecule has 0 saturated heterocycles. The highest BCUT2D eigenvalue weighted by molar-refractivity contribution is 7.52. The van der Waals surface area contributed by atoms with Crippen LogP contribution in [0.1, 0.15) is 59.3 Å². The van der Waals surface area contributed by atoms with E-state index in [4.69, 9.17) is 19.2 Å². The standard InChI is InChI=1S/C37H53N6O9P/c1-4-30(28-53(48,49)52-25-10-23-44)27-50-24-9-21-38-37(45)14-8-11-29(3)41-51-26-22-42(5-2)32-17-15-31(16-18-32)39-40-35-19-20-36(43(46)47)34-13-7-6-12-33(34)35/h6-7,12-13,15-20,30,44H,4-5,8-11,14,21-28H2,1-3H3,(H,38,45)(H,48,49)/b40-39+,41-29+. The third kappa shape index (κ3) is 15.7. The van der Waals surface area contributed by atoms with Gasteiger partial charge < -0.3 is 34.3 Å². The Bertz CT molecular complexity index is 1690. The summed E-state index contributed by atoms with van der Waals surface area (Å²) in [5.41, 5.74) is 3.04. The number of carbonyl (C=O) groups excluding carboxylic acids is 1. The van der Waals surface area contributed by atoms with Crippen molar-refractivity contribution in [3.63, 3.8) is 0 Å². The van der Waals surface area contributed by atoms with Gasteiger partial charge in [0.1, 0.15) is 6.61 Å². The van der Waals surface area contributed by atoms with Crippen molar-refractivity contribution in [3.8, 4) is 0 Å². The van der Waals surface area contributed by atoms with E-state index in [2.05, 4.69) is 32.5 Å². The summed E-state index contributed by atoms with van der Waals surface area (Å²) in [5, 5.41) is 37.2. The summed E-state index contributed by atoms with van der Waals surface area (Å²) in [5.74, 6) is -0.157. The number of fused-ring (bicyclic) bond motifs is 1. The molecule has 0 aromatic heterocycles. The number of hydrogen-bond donors (Lipinski definition) is 3. The van der Waals surface area contributed by atoms with E-state index in [0.29, 0.717) is 93.6 Å². The molecule has 53 heavy (non-hydrogen) atoms. The molecule has 1 amide bonds. The summed E-state index contributed by atoms with van der Waals surface area (Å²) in [6.07, 6.45) is 3.28. The maximum absolute atomic E-state index is 12.2. The molecular formula is C37H53N6O9P. The number of aliphatic hydroxyl groups excluding tert-OH is 1. The molecule has 290 valence electrons. The van der Waals surface area contributed by atoms with Crippen LogP contribution in [0.5, 0.6) is 0 Å². The lowest BCUT2D eigenvalue weighted by Gasteiger charge is -2.22. The van der Waals surface area contributed by atoms with E-state index in [1.807, 2.05) is 44.2 Å². The number of carbonyl (C=O) groups is 1. The smallest absolute Gasteiger partial charge is 0.328 e. The molecule has 3 N–H and O–H groups in total. The molecule has 0 saturated carbocycles. The number of oxime groups is 1. The third-order valence-electron chi connectivity index (χ3n) is 8.36. The maximum Gasteiger partial charge on any atom is 0.328 e. The fraction of sp³-hybridized carbons (Fsp3) is 0.514. The van der Waals surface area contributed by atoms with Crippen LogP contribution in [-0.4, -0.2) is 85.4 Å². The lowest BCUT2D eigenvalue weighted by atomic mass is 10.1. The minimum absolute atomic E-state index is 0.00954. The molecule has 3 aromatic rings. The molecular weight excluding hydrogens is 703 g/mol. The SMILES string of the molecule is CCC(COCCCNC(=O)CCC/C(C)=N/OCCN(CC)c1ccc(/N=N/c2ccc([N+](=O)[O-])c3ccccc23)cc1)CP(=O)(O)OCCCO. The fourth-order valence-electron chi connectivity index (χ4n) is 5.37. The predicted octanol–water partition coefficient (Wildman–Crippen LogP) is 7.69. The highest BCUT2D eigenvalue weighted by Crippen LogP contribution is 2.44. The van der Waals surface area contributed by atoms with Crippen LogP contribution in [0.3, 0.4) is 0 Å². The van der Waals surface area contributed by atoms with Crippen LogP contribution in [0.15, 0.2) is 76.0 Å². The van der Waals surface area contributed by atoms with Crippen molar-refractivity contribution in [2.24, 2.45) is 21.3 Å². The summed E-state index contributed by atoms with van der Waals surface area (Å²) in [4.78, 5) is 40.9. The highest BCUT2D eigenvalue weighted by Gasteiger charge is 2.24. The summed E-state index contributed by atoms with van der Waals surface area (Å²) in [6, 6.07) is 17.8. The van der Waals surface area contributed by atoms with Gasteiger partial charge in [-0.15, -0.1) is 5.11 Å². The number of non-ortho nitro benzene ring substituents is 1. The Morgan fingerprint density at radius 3 is 2.43 bits per heavy atom. The van der Waals surface area contributed by atoms with Crippen LogP contribution in [0.4, 0.5) is 22.7 Å². The number of nitro groups is 1. The third-order valence-corrected chi connectivity index (χ3v) is 9.93. The first-order valence-corrected chi connectivity index (χ1v) is 19.8. The second-order valence-electron chi connectivity index (χ2n) is 12.5. The molecule has 2 unspecified atom stereocenters. The molecule has 15 nitrogen and oxygen atoms in total. The maximum atomic E-state index is 12.2. The molecule has 16 heteroatoms. The van der Waals surface area contributed by atoms with Gasteiger partial charge in [0.15, 0.2) is 0 Å². The van der Waals surface area contributed by atoms with Gasteiger partial charge in [-0.2, -0.15) is 5.11 Å². The van der Waals surface area contributed by atoms with Gasteiger partial charge in [-0.1, -0.05) is 36.7 Å². The molecule has 0 heterocycles. The topological polar surface area (TPSA) is 198 Å². The quantitative estimate of drug-likeness (QED) is 0.0182. The number of ether oxygens (including phenoxy) is 1. The molecule has 0 spiro atoms. The molecule has 0 fully saturated rings. The lowest BCUT2D eigenvalue weighted by Crippen LogP contribution is -2.26. The minimum atomic E-state index is -3.71. The Morgan fingerprint density at radius 1 is 0.981 bits per heavy atom. The lowest BCUT2D eigenvalue weighted by molar-refractivity contribution is -0.383. The number of benzene rings is 3. The Kier molecular flexibility index (Phi) is 19.1. The van der Waals surface area contributed by atoms with Crippen LogP contribution < -0.4 is 10.2 Å². The summed E-state index contributed by atoms with van der Waals surface area (Å²) in [7, 11) is -3.71. The van der Waals surface area contributed by atoms with Crippen LogP contribution in [0, 0.1) is 16.0 Å². The van der Waals surface area contributed by atoms with E-state index in [9.17, 15) is 24.4 Å². The molecule has 0 radical (unpaired) electrons. The minimum Gasteiger partial charge on any atom is -0.396 e. The first-order valence-electron chi connectivity index (χ1n) is 18.1. The number of nitro benzene ring substituents is 1. The summed E-state index contributed by atoms with van der Waals surface area (Å²) in [6.45, 7) is 8.83. The number of nitrogens with one attached hydrogen (secondary N) is 1. The normalized spacial score (nSPS) is 13.6. The zero-order chi connectivity index (χ0) is 38.5. The van der Waals surface area contributed by atoms with E-state index in [1.165, 1.54) is 6.07 Å². The molecule has 0 bridgehead atoms. The van der Waals surface area contributed by atoms with Crippen molar-refractivity contribution in [1.29, 1.82) is 0 Å². The first-order chi connectivity index (χ1) is 25.6. The van der Waals surface area contributed by atoms with E-state index in [0.717, 1.165) is 17.9 Å². The Labute approximate surface area is 311 Å². The largest absolute Gasteiger partial charge is 0.396 e. The molecule has 2 atom stereocenters. The highest BCUT2D eigenvalue weighted by atomic mass is 31.2. The number of anilines is 1. The van der Waals surface area contributed by atoms with Gasteiger partial charge in [-0.05, 0) is 81.8 Å². The number of amides is 1. The molecule has 3 rings (SSSR count). The monoisotopic (exact) mass is 756 g/mol. The van der Waals surface area contributed by atoms with Crippen molar-refractivity contribution in [2.75, 3.05) is 63.7 Å². The first kappa shape index (κ1) is 43.1. The van der Waals surface area contributed by atoms with Gasteiger partial charge in [0.25, 0.3) is 5.69 Å². The number of nitrogens with zero attached hydrogens (tertiary/aromatic N) is 5. The number of rotatable bonds is 26. The van der Waals surface area contributed by atoms with Crippen molar-refractivity contribution in [3.05, 3.63) is 70.8 Å². The Morgan fingerprint density at radius 2 is 1.74 bits per heavy atom. The second-order valence-corrected chi connectivity index (χ2v) is 14.4. The van der Waals surface area contributed by atoms with Gasteiger partial charge in [-0.25, -0.2) is 0 Å². The summed E-state index contributed by atoms with van der Waals surface area (Å²) >= 11 is 0. The predicted molar refractivity (Wildman–Crippen MR) is 207 cm³/mol. The van der Waals surface area contributed by atoms with Crippen molar-refractivity contribution >= 4 is 52.7 Å². The van der Waals surface area contributed by atoms with Gasteiger partial charge in [0.05, 0.1) is 46.7 Å². The van der Waals surface area contributed by atoms with Crippen LogP contribution in [0.25, 0.3) is 10.8 Å². The van der Waals surface area contributed by atoms with Crippen LogP contribution in [-0.2, 0) is 23.5 Å². The zero-order valence-electron chi connectivity index (χ0n) is 30.9. The van der Waals surface area contributed by atoms with E-state index in [1.54, 1.807) is 24.3 Å². The zero-order valence-corrected chi connectivity index (χ0v) is 31.8. The van der Waals surface area contributed by atoms with Crippen molar-refractivity contribution in [1.82, 2.24) is 5.32 Å². The number of azo groups is 1. The number of likely N-dealkylation sites (N-methyl/N-ethyl adjacent to an activating group) is 1. The fourth-order valence-corrected chi connectivity index (χ4v) is 6.91. The number of aliphatic hydroxyl groups is 1. The average molecular weight is 757 g/mol. The van der Waals surface area contributed by atoms with E-state index < -0.39 is 12.5 Å². The van der Waals surface area contributed by atoms with Gasteiger partial charge in [0.2, 0.25) is 5.91 Å². The Hall–Kier alpha value is -4.27. The summed E-state index contributed by atoms with van der Waals surface area (Å²) < 4.78 is 22.8. The van der Waals surface area contributed by atoms with Gasteiger partial charge in [-0.3, -0.25) is 19.5 Å². The van der Waals surface area contributed by atoms with Gasteiger partial charge >= 0.3 is 7.60 Å². The van der Waals surface area contributed by atoms with Crippen molar-refractivity contribution in [2.45, 2.75) is 59.3 Å². The van der Waals surface area contributed by atoms with Crippen molar-refractivity contribution < 1.29 is 38.4 Å².